The second kappa shape index (κ2) is 2.93. The molecule has 0 aliphatic rings. The van der Waals surface area contributed by atoms with E-state index in [9.17, 15) is 0 Å². The van der Waals surface area contributed by atoms with Gasteiger partial charge in [-0.05, 0) is 19.9 Å². The van der Waals surface area contributed by atoms with Crippen molar-refractivity contribution in [1.82, 2.24) is 25.1 Å². The Morgan fingerprint density at radius 1 is 1.15 bits per heavy atom. The summed E-state index contributed by atoms with van der Waals surface area (Å²) < 4.78 is 0. The predicted octanol–water partition coefficient (Wildman–Crippen LogP) is 0.879. The van der Waals surface area contributed by atoms with E-state index >= 15 is 0 Å². The lowest BCUT2D eigenvalue weighted by molar-refractivity contribution is 1.02. The summed E-state index contributed by atoms with van der Waals surface area (Å²) in [7, 11) is 0. The SMILES string of the molecule is Cc1cc(C)nc(-c2ncn[nH]2)n1. The van der Waals surface area contributed by atoms with Gasteiger partial charge in [-0.3, -0.25) is 5.10 Å². The van der Waals surface area contributed by atoms with E-state index in [4.69, 9.17) is 0 Å². The Kier molecular flexibility index (Phi) is 1.77. The molecular weight excluding hydrogens is 166 g/mol. The molecule has 0 bridgehead atoms. The minimum Gasteiger partial charge on any atom is -0.257 e. The van der Waals surface area contributed by atoms with Crippen LogP contribution in [0.2, 0.25) is 0 Å². The number of aryl methyl sites for hydroxylation is 2. The molecule has 0 radical (unpaired) electrons. The number of hydrogen-bond donors (Lipinski definition) is 1. The molecule has 5 nitrogen and oxygen atoms in total. The average molecular weight is 175 g/mol. The van der Waals surface area contributed by atoms with Gasteiger partial charge < -0.3 is 0 Å². The third-order valence-corrected chi connectivity index (χ3v) is 1.61. The van der Waals surface area contributed by atoms with Gasteiger partial charge in [0, 0.05) is 11.4 Å². The summed E-state index contributed by atoms with van der Waals surface area (Å²) in [5, 5.41) is 6.46. The number of rotatable bonds is 1. The highest BCUT2D eigenvalue weighted by Gasteiger charge is 2.04. The van der Waals surface area contributed by atoms with E-state index in [1.165, 1.54) is 6.33 Å². The van der Waals surface area contributed by atoms with E-state index in [0.29, 0.717) is 11.6 Å². The van der Waals surface area contributed by atoms with Crippen molar-refractivity contribution in [1.29, 1.82) is 0 Å². The highest BCUT2D eigenvalue weighted by atomic mass is 15.2. The summed E-state index contributed by atoms with van der Waals surface area (Å²) in [5.41, 5.74) is 1.86. The highest BCUT2D eigenvalue weighted by Crippen LogP contribution is 2.08. The largest absolute Gasteiger partial charge is 0.257 e. The highest BCUT2D eigenvalue weighted by molar-refractivity contribution is 5.41. The van der Waals surface area contributed by atoms with Gasteiger partial charge in [-0.15, -0.1) is 0 Å². The van der Waals surface area contributed by atoms with Gasteiger partial charge >= 0.3 is 0 Å². The average Bonchev–Trinajstić information content (AvgIpc) is 2.53. The maximum absolute atomic E-state index is 4.23. The number of aromatic amines is 1. The summed E-state index contributed by atoms with van der Waals surface area (Å²) in [6.45, 7) is 3.85. The van der Waals surface area contributed by atoms with Crippen LogP contribution in [-0.2, 0) is 0 Å². The quantitative estimate of drug-likeness (QED) is 0.698. The molecule has 0 aliphatic carbocycles. The summed E-state index contributed by atoms with van der Waals surface area (Å²) in [6, 6.07) is 1.92. The van der Waals surface area contributed by atoms with Gasteiger partial charge in [0.2, 0.25) is 0 Å². The molecule has 0 fully saturated rings. The van der Waals surface area contributed by atoms with E-state index in [1.54, 1.807) is 0 Å². The molecule has 2 heterocycles. The molecule has 0 unspecified atom stereocenters. The van der Waals surface area contributed by atoms with E-state index in [2.05, 4.69) is 25.1 Å². The first-order chi connectivity index (χ1) is 6.25. The second-order valence-corrected chi connectivity index (χ2v) is 2.81. The van der Waals surface area contributed by atoms with Crippen molar-refractivity contribution < 1.29 is 0 Å². The minimum atomic E-state index is 0.593. The maximum Gasteiger partial charge on any atom is 0.197 e. The minimum absolute atomic E-state index is 0.593. The third kappa shape index (κ3) is 1.53. The van der Waals surface area contributed by atoms with Gasteiger partial charge in [0.1, 0.15) is 6.33 Å². The maximum atomic E-state index is 4.23. The van der Waals surface area contributed by atoms with Crippen LogP contribution in [0.3, 0.4) is 0 Å². The van der Waals surface area contributed by atoms with Gasteiger partial charge in [-0.2, -0.15) is 5.10 Å². The first-order valence-electron chi connectivity index (χ1n) is 3.94. The Labute approximate surface area is 75.3 Å². The van der Waals surface area contributed by atoms with E-state index in [-0.39, 0.29) is 0 Å². The molecule has 0 spiro atoms. The number of H-pyrrole nitrogens is 1. The number of aromatic nitrogens is 5. The van der Waals surface area contributed by atoms with Crippen molar-refractivity contribution >= 4 is 0 Å². The van der Waals surface area contributed by atoms with Crippen molar-refractivity contribution in [3.8, 4) is 11.6 Å². The fourth-order valence-corrected chi connectivity index (χ4v) is 1.15. The fourth-order valence-electron chi connectivity index (χ4n) is 1.15. The molecule has 2 aromatic heterocycles. The Balaban J connectivity index is 2.53. The van der Waals surface area contributed by atoms with Crippen LogP contribution in [-0.4, -0.2) is 25.1 Å². The fraction of sp³-hybridized carbons (Fsp3) is 0.250. The third-order valence-electron chi connectivity index (χ3n) is 1.61. The van der Waals surface area contributed by atoms with E-state index < -0.39 is 0 Å². The first-order valence-corrected chi connectivity index (χ1v) is 3.94. The molecule has 13 heavy (non-hydrogen) atoms. The lowest BCUT2D eigenvalue weighted by Crippen LogP contribution is -1.95. The zero-order valence-corrected chi connectivity index (χ0v) is 7.44. The molecule has 1 N–H and O–H groups in total. The van der Waals surface area contributed by atoms with Crippen LogP contribution < -0.4 is 0 Å². The van der Waals surface area contributed by atoms with Gasteiger partial charge in [0.15, 0.2) is 11.6 Å². The van der Waals surface area contributed by atoms with Gasteiger partial charge in [0.25, 0.3) is 0 Å². The monoisotopic (exact) mass is 175 g/mol. The van der Waals surface area contributed by atoms with Crippen molar-refractivity contribution in [2.75, 3.05) is 0 Å². The Bertz CT molecular complexity index is 386. The Morgan fingerprint density at radius 3 is 2.38 bits per heavy atom. The van der Waals surface area contributed by atoms with Gasteiger partial charge in [-0.1, -0.05) is 0 Å². The smallest absolute Gasteiger partial charge is 0.197 e. The van der Waals surface area contributed by atoms with Crippen molar-refractivity contribution in [3.05, 3.63) is 23.8 Å². The summed E-state index contributed by atoms with van der Waals surface area (Å²) in [5.74, 6) is 1.20. The Morgan fingerprint density at radius 2 is 1.85 bits per heavy atom. The van der Waals surface area contributed by atoms with E-state index in [0.717, 1.165) is 11.4 Å². The molecule has 0 saturated heterocycles. The number of nitrogens with one attached hydrogen (secondary N) is 1. The van der Waals surface area contributed by atoms with Crippen LogP contribution in [0.15, 0.2) is 12.4 Å². The van der Waals surface area contributed by atoms with Gasteiger partial charge in [-0.25, -0.2) is 15.0 Å². The lowest BCUT2D eigenvalue weighted by Gasteiger charge is -1.98. The van der Waals surface area contributed by atoms with Crippen LogP contribution in [0.1, 0.15) is 11.4 Å². The topological polar surface area (TPSA) is 67.3 Å². The van der Waals surface area contributed by atoms with Crippen LogP contribution in [0.25, 0.3) is 11.6 Å². The zero-order chi connectivity index (χ0) is 9.26. The summed E-state index contributed by atoms with van der Waals surface area (Å²) in [4.78, 5) is 12.4. The molecule has 0 aliphatic heterocycles. The van der Waals surface area contributed by atoms with Crippen LogP contribution in [0, 0.1) is 13.8 Å². The van der Waals surface area contributed by atoms with Crippen LogP contribution in [0.5, 0.6) is 0 Å². The molecule has 0 atom stereocenters. The summed E-state index contributed by atoms with van der Waals surface area (Å²) >= 11 is 0. The van der Waals surface area contributed by atoms with Crippen molar-refractivity contribution in [2.24, 2.45) is 0 Å². The molecule has 0 aromatic carbocycles. The lowest BCUT2D eigenvalue weighted by atomic mass is 10.3. The molecular formula is C8H9N5. The van der Waals surface area contributed by atoms with Crippen molar-refractivity contribution in [3.63, 3.8) is 0 Å². The molecule has 2 rings (SSSR count). The Hall–Kier alpha value is -1.78. The number of hydrogen-bond acceptors (Lipinski definition) is 4. The van der Waals surface area contributed by atoms with Crippen LogP contribution in [0.4, 0.5) is 0 Å². The zero-order valence-electron chi connectivity index (χ0n) is 7.44. The first kappa shape index (κ1) is 7.85. The number of nitrogens with zero attached hydrogens (tertiary/aromatic N) is 4. The van der Waals surface area contributed by atoms with Gasteiger partial charge in [0.05, 0.1) is 0 Å². The standard InChI is InChI=1S/C8H9N5/c1-5-3-6(2)12-8(11-5)7-9-4-10-13-7/h3-4H,1-2H3,(H,9,10,13). The van der Waals surface area contributed by atoms with Crippen LogP contribution >= 0.6 is 0 Å². The predicted molar refractivity (Wildman–Crippen MR) is 46.9 cm³/mol. The van der Waals surface area contributed by atoms with Crippen molar-refractivity contribution in [2.45, 2.75) is 13.8 Å². The molecule has 0 amide bonds. The molecule has 0 saturated carbocycles. The molecule has 2 aromatic rings. The second-order valence-electron chi connectivity index (χ2n) is 2.81. The van der Waals surface area contributed by atoms with E-state index in [1.807, 2.05) is 19.9 Å². The summed E-state index contributed by atoms with van der Waals surface area (Å²) in [6.07, 6.45) is 1.44. The molecule has 5 heteroatoms. The molecule has 66 valence electrons. The normalized spacial score (nSPS) is 10.3.